The number of rotatable bonds is 3. The first-order valence-corrected chi connectivity index (χ1v) is 8.74. The van der Waals surface area contributed by atoms with E-state index in [9.17, 15) is 4.79 Å². The van der Waals surface area contributed by atoms with Gasteiger partial charge in [0.15, 0.2) is 0 Å². The van der Waals surface area contributed by atoms with Gasteiger partial charge in [-0.15, -0.1) is 0 Å². The van der Waals surface area contributed by atoms with Gasteiger partial charge in [-0.05, 0) is 35.8 Å². The summed E-state index contributed by atoms with van der Waals surface area (Å²) >= 11 is 0. The Morgan fingerprint density at radius 1 is 1.12 bits per heavy atom. The van der Waals surface area contributed by atoms with Crippen LogP contribution in [0.15, 0.2) is 60.9 Å². The maximum Gasteiger partial charge on any atom is 0.246 e. The molecule has 0 radical (unpaired) electrons. The molecule has 2 N–H and O–H groups in total. The SMILES string of the molecule is O=C(/C=C/c1ccncc1)N1CCC2NNC(c3ccccc3)C2C1. The third kappa shape index (κ3) is 3.48. The summed E-state index contributed by atoms with van der Waals surface area (Å²) in [5.41, 5.74) is 9.09. The van der Waals surface area contributed by atoms with E-state index in [1.807, 2.05) is 29.2 Å². The number of nitrogens with one attached hydrogen (secondary N) is 2. The Bertz CT molecular complexity index is 747. The number of nitrogens with zero attached hydrogens (tertiary/aromatic N) is 2. The lowest BCUT2D eigenvalue weighted by molar-refractivity contribution is -0.127. The maximum atomic E-state index is 12.6. The zero-order valence-electron chi connectivity index (χ0n) is 14.0. The van der Waals surface area contributed by atoms with Crippen LogP contribution < -0.4 is 10.9 Å². The Morgan fingerprint density at radius 3 is 2.72 bits per heavy atom. The lowest BCUT2D eigenvalue weighted by Crippen LogP contribution is -2.47. The number of carbonyl (C=O) groups excluding carboxylic acids is 1. The normalized spacial score (nSPS) is 25.9. The van der Waals surface area contributed by atoms with Gasteiger partial charge in [-0.1, -0.05) is 30.3 Å². The lowest BCUT2D eigenvalue weighted by atomic mass is 9.85. The number of hydrogen-bond acceptors (Lipinski definition) is 4. The van der Waals surface area contributed by atoms with Crippen molar-refractivity contribution in [3.63, 3.8) is 0 Å². The molecular weight excluding hydrogens is 312 g/mol. The highest BCUT2D eigenvalue weighted by atomic mass is 16.2. The minimum Gasteiger partial charge on any atom is -0.339 e. The predicted molar refractivity (Wildman–Crippen MR) is 97.2 cm³/mol. The highest BCUT2D eigenvalue weighted by molar-refractivity contribution is 5.91. The molecule has 5 nitrogen and oxygen atoms in total. The van der Waals surface area contributed by atoms with Crippen molar-refractivity contribution in [3.8, 4) is 0 Å². The van der Waals surface area contributed by atoms with E-state index in [-0.39, 0.29) is 11.9 Å². The van der Waals surface area contributed by atoms with E-state index in [1.165, 1.54) is 5.56 Å². The van der Waals surface area contributed by atoms with Crippen molar-refractivity contribution in [3.05, 3.63) is 72.1 Å². The molecule has 0 spiro atoms. The molecule has 5 heteroatoms. The van der Waals surface area contributed by atoms with Crippen molar-refractivity contribution in [2.24, 2.45) is 5.92 Å². The summed E-state index contributed by atoms with van der Waals surface area (Å²) in [5, 5.41) is 0. The summed E-state index contributed by atoms with van der Waals surface area (Å²) in [6.45, 7) is 1.56. The fourth-order valence-corrected chi connectivity index (χ4v) is 3.74. The van der Waals surface area contributed by atoms with Crippen LogP contribution in [-0.4, -0.2) is 34.9 Å². The van der Waals surface area contributed by atoms with E-state index in [2.05, 4.69) is 40.1 Å². The molecule has 3 unspecified atom stereocenters. The van der Waals surface area contributed by atoms with Gasteiger partial charge in [-0.25, -0.2) is 5.43 Å². The van der Waals surface area contributed by atoms with Crippen molar-refractivity contribution in [1.82, 2.24) is 20.7 Å². The smallest absolute Gasteiger partial charge is 0.246 e. The van der Waals surface area contributed by atoms with Crippen LogP contribution in [0.2, 0.25) is 0 Å². The van der Waals surface area contributed by atoms with Crippen molar-refractivity contribution in [2.45, 2.75) is 18.5 Å². The second kappa shape index (κ2) is 7.17. The Balaban J connectivity index is 1.45. The number of aromatic nitrogens is 1. The van der Waals surface area contributed by atoms with Crippen LogP contribution in [0.5, 0.6) is 0 Å². The number of fused-ring (bicyclic) bond motifs is 1. The molecule has 3 atom stereocenters. The standard InChI is InChI=1S/C20H22N4O/c25-19(7-6-15-8-11-21-12-9-15)24-13-10-18-17(14-24)20(23-22-18)16-4-2-1-3-5-16/h1-9,11-12,17-18,20,22-23H,10,13-14H2/b7-6+. The summed E-state index contributed by atoms with van der Waals surface area (Å²) in [7, 11) is 0. The average molecular weight is 334 g/mol. The van der Waals surface area contributed by atoms with E-state index < -0.39 is 0 Å². The van der Waals surface area contributed by atoms with Crippen molar-refractivity contribution < 1.29 is 4.79 Å². The topological polar surface area (TPSA) is 57.3 Å². The summed E-state index contributed by atoms with van der Waals surface area (Å²) in [4.78, 5) is 18.5. The van der Waals surface area contributed by atoms with E-state index in [0.29, 0.717) is 12.0 Å². The number of pyridine rings is 1. The molecule has 2 aliphatic heterocycles. The van der Waals surface area contributed by atoms with Gasteiger partial charge in [-0.3, -0.25) is 15.2 Å². The zero-order valence-corrected chi connectivity index (χ0v) is 14.0. The van der Waals surface area contributed by atoms with Crippen LogP contribution in [0.3, 0.4) is 0 Å². The highest BCUT2D eigenvalue weighted by Crippen LogP contribution is 2.33. The quantitative estimate of drug-likeness (QED) is 0.845. The molecule has 0 bridgehead atoms. The number of carbonyl (C=O) groups is 1. The maximum absolute atomic E-state index is 12.6. The van der Waals surface area contributed by atoms with Gasteiger partial charge < -0.3 is 4.90 Å². The zero-order chi connectivity index (χ0) is 17.1. The van der Waals surface area contributed by atoms with Crippen LogP contribution in [0.4, 0.5) is 0 Å². The van der Waals surface area contributed by atoms with Crippen LogP contribution in [0, 0.1) is 5.92 Å². The third-order valence-corrected chi connectivity index (χ3v) is 5.11. The Morgan fingerprint density at radius 2 is 1.92 bits per heavy atom. The second-order valence-corrected chi connectivity index (χ2v) is 6.63. The van der Waals surface area contributed by atoms with Crippen LogP contribution in [-0.2, 0) is 4.79 Å². The summed E-state index contributed by atoms with van der Waals surface area (Å²) in [6.07, 6.45) is 7.96. The number of likely N-dealkylation sites (tertiary alicyclic amines) is 1. The molecule has 1 aromatic carbocycles. The number of amides is 1. The Labute approximate surface area is 147 Å². The fourth-order valence-electron chi connectivity index (χ4n) is 3.74. The molecule has 128 valence electrons. The van der Waals surface area contributed by atoms with Gasteiger partial charge in [0.2, 0.25) is 5.91 Å². The first-order valence-electron chi connectivity index (χ1n) is 8.74. The molecule has 0 saturated carbocycles. The van der Waals surface area contributed by atoms with Crippen molar-refractivity contribution in [1.29, 1.82) is 0 Å². The summed E-state index contributed by atoms with van der Waals surface area (Å²) in [6, 6.07) is 14.9. The summed E-state index contributed by atoms with van der Waals surface area (Å²) < 4.78 is 0. The molecule has 2 saturated heterocycles. The molecule has 1 amide bonds. The average Bonchev–Trinajstić information content (AvgIpc) is 3.11. The molecule has 3 heterocycles. The molecule has 4 rings (SSSR count). The summed E-state index contributed by atoms with van der Waals surface area (Å²) in [5.74, 6) is 0.461. The van der Waals surface area contributed by atoms with Crippen LogP contribution in [0.1, 0.15) is 23.6 Å². The molecule has 2 aliphatic rings. The predicted octanol–water partition coefficient (Wildman–Crippen LogP) is 2.16. The Hall–Kier alpha value is -2.50. The molecule has 2 fully saturated rings. The largest absolute Gasteiger partial charge is 0.339 e. The van der Waals surface area contributed by atoms with Crippen molar-refractivity contribution in [2.75, 3.05) is 13.1 Å². The molecule has 2 aromatic rings. The van der Waals surface area contributed by atoms with E-state index in [4.69, 9.17) is 0 Å². The highest BCUT2D eigenvalue weighted by Gasteiger charge is 2.41. The number of benzene rings is 1. The molecular formula is C20H22N4O. The van der Waals surface area contributed by atoms with Gasteiger partial charge in [-0.2, -0.15) is 0 Å². The fraction of sp³-hybridized carbons (Fsp3) is 0.300. The van der Waals surface area contributed by atoms with Crippen molar-refractivity contribution >= 4 is 12.0 Å². The van der Waals surface area contributed by atoms with E-state index in [0.717, 1.165) is 25.1 Å². The Kier molecular flexibility index (Phi) is 4.59. The first-order chi connectivity index (χ1) is 12.3. The van der Waals surface area contributed by atoms with Crippen LogP contribution >= 0.6 is 0 Å². The monoisotopic (exact) mass is 334 g/mol. The molecule has 0 aliphatic carbocycles. The van der Waals surface area contributed by atoms with Crippen LogP contribution in [0.25, 0.3) is 6.08 Å². The van der Waals surface area contributed by atoms with Gasteiger partial charge in [0, 0.05) is 43.5 Å². The molecule has 1 aromatic heterocycles. The molecule has 25 heavy (non-hydrogen) atoms. The van der Waals surface area contributed by atoms with E-state index in [1.54, 1.807) is 18.5 Å². The number of piperidine rings is 1. The minimum atomic E-state index is 0.0778. The third-order valence-electron chi connectivity index (χ3n) is 5.11. The van der Waals surface area contributed by atoms with Gasteiger partial charge in [0.1, 0.15) is 0 Å². The first kappa shape index (κ1) is 16.0. The van der Waals surface area contributed by atoms with Gasteiger partial charge in [0.25, 0.3) is 0 Å². The number of hydrazine groups is 1. The van der Waals surface area contributed by atoms with Gasteiger partial charge >= 0.3 is 0 Å². The second-order valence-electron chi connectivity index (χ2n) is 6.63. The number of hydrogen-bond donors (Lipinski definition) is 2. The minimum absolute atomic E-state index is 0.0778. The lowest BCUT2D eigenvalue weighted by Gasteiger charge is -2.35. The van der Waals surface area contributed by atoms with Gasteiger partial charge in [0.05, 0.1) is 6.04 Å². The van der Waals surface area contributed by atoms with E-state index >= 15 is 0 Å².